The molecule has 136 valence electrons. The van der Waals surface area contributed by atoms with Gasteiger partial charge >= 0.3 is 0 Å². The highest BCUT2D eigenvalue weighted by molar-refractivity contribution is 7.99. The lowest BCUT2D eigenvalue weighted by atomic mass is 10.1. The van der Waals surface area contributed by atoms with Crippen LogP contribution in [0.5, 0.6) is 0 Å². The highest BCUT2D eigenvalue weighted by Gasteiger charge is 2.24. The summed E-state index contributed by atoms with van der Waals surface area (Å²) in [6.45, 7) is 2.88. The summed E-state index contributed by atoms with van der Waals surface area (Å²) in [5, 5.41) is 1.91. The van der Waals surface area contributed by atoms with Crippen molar-refractivity contribution in [2.75, 3.05) is 17.3 Å². The molecule has 1 aromatic heterocycles. The van der Waals surface area contributed by atoms with Gasteiger partial charge in [0.1, 0.15) is 0 Å². The minimum atomic E-state index is -0.0875. The first-order valence-corrected chi connectivity index (χ1v) is 10.8. The maximum atomic E-state index is 12.7. The molecule has 0 saturated carbocycles. The van der Waals surface area contributed by atoms with Gasteiger partial charge < -0.3 is 4.90 Å². The van der Waals surface area contributed by atoms with Crippen LogP contribution in [0.25, 0.3) is 0 Å². The fraction of sp³-hybridized carbons (Fsp3) is 0.143. The van der Waals surface area contributed by atoms with Crippen molar-refractivity contribution >= 4 is 57.6 Å². The fourth-order valence-electron chi connectivity index (χ4n) is 3.17. The van der Waals surface area contributed by atoms with E-state index in [4.69, 9.17) is 11.6 Å². The lowest BCUT2D eigenvalue weighted by molar-refractivity contribution is 0.101. The smallest absolute Gasteiger partial charge is 0.202 e. The molecule has 0 bridgehead atoms. The number of nitrogens with zero attached hydrogens (tertiary/aromatic N) is 1. The van der Waals surface area contributed by atoms with Crippen LogP contribution in [0.4, 0.5) is 11.4 Å². The molecule has 2 aromatic carbocycles. The minimum Gasteiger partial charge on any atom is -0.340 e. The average molecular weight is 414 g/mol. The second kappa shape index (κ2) is 7.50. The third-order valence-electron chi connectivity index (χ3n) is 4.49. The Morgan fingerprint density at radius 2 is 1.67 bits per heavy atom. The summed E-state index contributed by atoms with van der Waals surface area (Å²) in [6.07, 6.45) is 0. The zero-order chi connectivity index (χ0) is 19.0. The Morgan fingerprint density at radius 3 is 2.26 bits per heavy atom. The van der Waals surface area contributed by atoms with Crippen LogP contribution in [-0.4, -0.2) is 24.0 Å². The largest absolute Gasteiger partial charge is 0.340 e. The molecular formula is C21H16ClNO2S2. The normalized spacial score (nSPS) is 12.4. The van der Waals surface area contributed by atoms with Gasteiger partial charge in [-0.2, -0.15) is 0 Å². The molecule has 0 aliphatic carbocycles. The number of hydrogen-bond donors (Lipinski definition) is 0. The van der Waals surface area contributed by atoms with Gasteiger partial charge in [0.2, 0.25) is 5.78 Å². The van der Waals surface area contributed by atoms with Gasteiger partial charge in [0.25, 0.3) is 0 Å². The Morgan fingerprint density at radius 1 is 1.00 bits per heavy atom. The number of fused-ring (bicyclic) bond motifs is 2. The SMILES string of the molecule is CCN1c2ccc(C(=O)CCl)cc2Sc2cc(C(=O)c3cccs3)ccc21. The number of benzene rings is 2. The quantitative estimate of drug-likeness (QED) is 0.378. The molecule has 0 N–H and O–H groups in total. The van der Waals surface area contributed by atoms with Gasteiger partial charge in [-0.3, -0.25) is 9.59 Å². The van der Waals surface area contributed by atoms with Crippen LogP contribution in [0.3, 0.4) is 0 Å². The Hall–Kier alpha value is -2.08. The number of alkyl halides is 1. The summed E-state index contributed by atoms with van der Waals surface area (Å²) in [4.78, 5) is 29.6. The van der Waals surface area contributed by atoms with E-state index in [0.29, 0.717) is 11.1 Å². The van der Waals surface area contributed by atoms with Crippen molar-refractivity contribution < 1.29 is 9.59 Å². The zero-order valence-electron chi connectivity index (χ0n) is 14.6. The van der Waals surface area contributed by atoms with Gasteiger partial charge in [0.15, 0.2) is 5.78 Å². The molecule has 4 rings (SSSR count). The predicted molar refractivity (Wildman–Crippen MR) is 112 cm³/mol. The lowest BCUT2D eigenvalue weighted by Crippen LogP contribution is -2.20. The minimum absolute atomic E-state index is 0.0308. The van der Waals surface area contributed by atoms with Crippen LogP contribution in [0.2, 0.25) is 0 Å². The van der Waals surface area contributed by atoms with E-state index in [2.05, 4.69) is 11.8 Å². The van der Waals surface area contributed by atoms with Crippen LogP contribution in [0.15, 0.2) is 63.7 Å². The first-order valence-electron chi connectivity index (χ1n) is 8.53. The molecule has 0 amide bonds. The summed E-state index contributed by atoms with van der Waals surface area (Å²) in [6, 6.07) is 15.3. The summed E-state index contributed by atoms with van der Waals surface area (Å²) in [5.74, 6) is -0.0827. The molecule has 0 spiro atoms. The highest BCUT2D eigenvalue weighted by Crippen LogP contribution is 2.48. The van der Waals surface area contributed by atoms with Crippen molar-refractivity contribution in [2.45, 2.75) is 16.7 Å². The second-order valence-electron chi connectivity index (χ2n) is 6.07. The van der Waals surface area contributed by atoms with E-state index >= 15 is 0 Å². The van der Waals surface area contributed by atoms with Crippen LogP contribution < -0.4 is 4.90 Å². The molecule has 1 aliphatic rings. The van der Waals surface area contributed by atoms with Crippen LogP contribution in [-0.2, 0) is 0 Å². The molecule has 1 aliphatic heterocycles. The molecule has 6 heteroatoms. The topological polar surface area (TPSA) is 37.4 Å². The summed E-state index contributed by atoms with van der Waals surface area (Å²) >= 11 is 8.74. The third kappa shape index (κ3) is 3.31. The van der Waals surface area contributed by atoms with Crippen molar-refractivity contribution in [3.8, 4) is 0 Å². The van der Waals surface area contributed by atoms with Crippen molar-refractivity contribution in [2.24, 2.45) is 0 Å². The molecule has 0 saturated heterocycles. The standard InChI is InChI=1S/C21H16ClNO2S2/c1-2-23-15-7-5-13(17(24)12-22)10-19(15)27-20-11-14(6-8-16(20)23)21(25)18-4-3-9-26-18/h3-11H,2,12H2,1H3. The number of carbonyl (C=O) groups is 2. The van der Waals surface area contributed by atoms with E-state index < -0.39 is 0 Å². The summed E-state index contributed by atoms with van der Waals surface area (Å²) in [5.41, 5.74) is 3.44. The lowest BCUT2D eigenvalue weighted by Gasteiger charge is -2.32. The monoisotopic (exact) mass is 413 g/mol. The second-order valence-corrected chi connectivity index (χ2v) is 8.37. The fourth-order valence-corrected chi connectivity index (χ4v) is 5.18. The van der Waals surface area contributed by atoms with Crippen LogP contribution in [0.1, 0.15) is 32.5 Å². The maximum absolute atomic E-state index is 12.7. The Bertz CT molecular complexity index is 1030. The Kier molecular flexibility index (Phi) is 5.08. The molecule has 27 heavy (non-hydrogen) atoms. The van der Waals surface area contributed by atoms with Crippen molar-refractivity contribution in [3.05, 3.63) is 69.9 Å². The Labute approximate surface area is 171 Å². The first-order chi connectivity index (χ1) is 13.1. The number of Topliss-reactive ketones (excluding diaryl/α,β-unsaturated/α-hetero) is 1. The molecule has 0 unspecified atom stereocenters. The average Bonchev–Trinajstić information content (AvgIpc) is 3.24. The van der Waals surface area contributed by atoms with E-state index in [-0.39, 0.29) is 17.4 Å². The molecule has 3 nitrogen and oxygen atoms in total. The number of rotatable bonds is 5. The number of thiophene rings is 1. The van der Waals surface area contributed by atoms with E-state index in [1.54, 1.807) is 11.8 Å². The number of anilines is 2. The van der Waals surface area contributed by atoms with E-state index in [9.17, 15) is 9.59 Å². The zero-order valence-corrected chi connectivity index (χ0v) is 17.0. The number of hydrogen-bond acceptors (Lipinski definition) is 5. The summed E-state index contributed by atoms with van der Waals surface area (Å²) < 4.78 is 0. The van der Waals surface area contributed by atoms with Gasteiger partial charge in [-0.15, -0.1) is 22.9 Å². The van der Waals surface area contributed by atoms with Gasteiger partial charge in [-0.1, -0.05) is 17.8 Å². The summed E-state index contributed by atoms with van der Waals surface area (Å²) in [7, 11) is 0. The van der Waals surface area contributed by atoms with Gasteiger partial charge in [-0.05, 0) is 54.8 Å². The molecule has 3 aromatic rings. The number of halogens is 1. The van der Waals surface area contributed by atoms with E-state index in [1.807, 2.05) is 53.9 Å². The molecule has 2 heterocycles. The van der Waals surface area contributed by atoms with Gasteiger partial charge in [0, 0.05) is 27.5 Å². The predicted octanol–water partition coefficient (Wildman–Crippen LogP) is 6.02. The molecule has 0 atom stereocenters. The third-order valence-corrected chi connectivity index (χ3v) is 6.69. The molecule has 0 fully saturated rings. The molecule has 0 radical (unpaired) electrons. The number of carbonyl (C=O) groups excluding carboxylic acids is 2. The van der Waals surface area contributed by atoms with Crippen LogP contribution in [0, 0.1) is 0 Å². The van der Waals surface area contributed by atoms with Gasteiger partial charge in [-0.25, -0.2) is 0 Å². The van der Waals surface area contributed by atoms with Crippen molar-refractivity contribution in [1.29, 1.82) is 0 Å². The maximum Gasteiger partial charge on any atom is 0.202 e. The highest BCUT2D eigenvalue weighted by atomic mass is 35.5. The van der Waals surface area contributed by atoms with Crippen molar-refractivity contribution in [1.82, 2.24) is 0 Å². The van der Waals surface area contributed by atoms with Gasteiger partial charge in [0.05, 0.1) is 22.1 Å². The van der Waals surface area contributed by atoms with E-state index in [0.717, 1.165) is 32.6 Å². The van der Waals surface area contributed by atoms with Crippen LogP contribution >= 0.6 is 34.7 Å². The van der Waals surface area contributed by atoms with E-state index in [1.165, 1.54) is 11.3 Å². The molecular weight excluding hydrogens is 398 g/mol. The Balaban J connectivity index is 1.75. The number of ketones is 2. The van der Waals surface area contributed by atoms with Crippen molar-refractivity contribution in [3.63, 3.8) is 0 Å². The first kappa shape index (κ1) is 18.3.